The van der Waals surface area contributed by atoms with Gasteiger partial charge in [-0.05, 0) is 5.56 Å². The third kappa shape index (κ3) is 3.91. The van der Waals surface area contributed by atoms with Crippen LogP contribution in [0.1, 0.15) is 5.56 Å². The van der Waals surface area contributed by atoms with E-state index in [0.717, 1.165) is 6.08 Å². The van der Waals surface area contributed by atoms with Gasteiger partial charge in [0.25, 0.3) is 0 Å². The van der Waals surface area contributed by atoms with Crippen LogP contribution in [0.5, 0.6) is 0 Å². The first-order valence-electron chi connectivity index (χ1n) is 3.75. The van der Waals surface area contributed by atoms with Crippen molar-refractivity contribution in [3.05, 3.63) is 51.7 Å². The zero-order chi connectivity index (χ0) is 10.6. The van der Waals surface area contributed by atoms with Crippen LogP contribution in [0.2, 0.25) is 0 Å². The first-order valence-corrected chi connectivity index (χ1v) is 3.75. The van der Waals surface area contributed by atoms with Gasteiger partial charge in [-0.3, -0.25) is 10.1 Å². The van der Waals surface area contributed by atoms with E-state index in [1.54, 1.807) is 30.3 Å². The zero-order valence-corrected chi connectivity index (χ0v) is 8.39. The van der Waals surface area contributed by atoms with Crippen LogP contribution in [0.25, 0.3) is 6.08 Å². The molecule has 0 heterocycles. The molecule has 5 nitrogen and oxygen atoms in total. The summed E-state index contributed by atoms with van der Waals surface area (Å²) < 4.78 is 0. The fourth-order valence-corrected chi connectivity index (χ4v) is 0.900. The molecule has 0 atom stereocenters. The minimum atomic E-state index is -1.54. The molecule has 0 aliphatic heterocycles. The van der Waals surface area contributed by atoms with Crippen LogP contribution in [0.15, 0.2) is 36.0 Å². The van der Waals surface area contributed by atoms with E-state index < -0.39 is 16.6 Å². The fraction of sp³-hybridized carbons (Fsp3) is 0. The van der Waals surface area contributed by atoms with Gasteiger partial charge in [-0.1, -0.05) is 30.3 Å². The Kier molecular flexibility index (Phi) is 5.27. The third-order valence-electron chi connectivity index (χ3n) is 1.52. The molecule has 0 saturated carbocycles. The van der Waals surface area contributed by atoms with Gasteiger partial charge in [-0.15, -0.1) is 0 Å². The molecule has 0 aromatic heterocycles. The molecular weight excluding hydrogens is 245 g/mol. The molecule has 1 aromatic rings. The average molecular weight is 252 g/mol. The van der Waals surface area contributed by atoms with Crippen molar-refractivity contribution in [1.29, 1.82) is 0 Å². The van der Waals surface area contributed by atoms with Gasteiger partial charge in [0.15, 0.2) is 0 Å². The maximum atomic E-state index is 10.4. The number of carboxylic acids is 1. The van der Waals surface area contributed by atoms with Gasteiger partial charge in [0, 0.05) is 22.6 Å². The van der Waals surface area contributed by atoms with E-state index in [0.29, 0.717) is 5.56 Å². The molecule has 1 N–H and O–H groups in total. The van der Waals surface area contributed by atoms with Gasteiger partial charge in [-0.2, -0.15) is 0 Å². The van der Waals surface area contributed by atoms with Crippen LogP contribution in [0.3, 0.4) is 0 Å². The molecule has 0 saturated heterocycles. The number of nitro groups is 1. The summed E-state index contributed by atoms with van der Waals surface area (Å²) in [6.45, 7) is 0. The number of carboxylic acid groups (broad SMARTS) is 1. The minimum Gasteiger partial charge on any atom is -0.473 e. The Hall–Kier alpha value is -1.68. The first-order chi connectivity index (χ1) is 6.61. The van der Waals surface area contributed by atoms with E-state index in [4.69, 9.17) is 5.11 Å². The number of hydrogen-bond donors (Lipinski definition) is 1. The van der Waals surface area contributed by atoms with Crippen molar-refractivity contribution >= 4 is 12.0 Å². The van der Waals surface area contributed by atoms with Crippen LogP contribution in [-0.2, 0) is 21.3 Å². The van der Waals surface area contributed by atoms with Crippen molar-refractivity contribution < 1.29 is 31.3 Å². The molecule has 1 rings (SSSR count). The van der Waals surface area contributed by atoms with E-state index in [2.05, 4.69) is 0 Å². The Labute approximate surface area is 95.5 Å². The summed E-state index contributed by atoms with van der Waals surface area (Å²) >= 11 is 0. The Morgan fingerprint density at radius 3 is 2.27 bits per heavy atom. The molecule has 0 fully saturated rings. The number of rotatable bonds is 3. The molecule has 15 heavy (non-hydrogen) atoms. The third-order valence-corrected chi connectivity index (χ3v) is 1.52. The van der Waals surface area contributed by atoms with E-state index in [-0.39, 0.29) is 16.5 Å². The van der Waals surface area contributed by atoms with Crippen molar-refractivity contribution in [2.75, 3.05) is 0 Å². The molecule has 82 valence electrons. The predicted octanol–water partition coefficient (Wildman–Crippen LogP) is 1.39. The number of aliphatic carboxylic acids is 1. The number of nitrogens with zero attached hydrogens (tertiary/aromatic N) is 1. The van der Waals surface area contributed by atoms with Crippen LogP contribution < -0.4 is 0 Å². The maximum Gasteiger partial charge on any atom is 0.407 e. The summed E-state index contributed by atoms with van der Waals surface area (Å²) in [7, 11) is 0. The standard InChI is InChI=1S/C9H7NO4.Ni/c11-9(12)8(10(13)14)6-7-4-2-1-3-5-7;/h1-6H,(H,11,12);. The summed E-state index contributed by atoms with van der Waals surface area (Å²) in [5.74, 6) is -1.54. The fourth-order valence-electron chi connectivity index (χ4n) is 0.900. The van der Waals surface area contributed by atoms with Crippen LogP contribution >= 0.6 is 0 Å². The molecule has 0 spiro atoms. The number of carbonyl (C=O) groups is 1. The Morgan fingerprint density at radius 1 is 1.33 bits per heavy atom. The van der Waals surface area contributed by atoms with Crippen molar-refractivity contribution in [2.24, 2.45) is 0 Å². The summed E-state index contributed by atoms with van der Waals surface area (Å²) in [5.41, 5.74) is -0.349. The first kappa shape index (κ1) is 13.3. The summed E-state index contributed by atoms with van der Waals surface area (Å²) in [4.78, 5) is 19.8. The predicted molar refractivity (Wildman–Crippen MR) is 49.0 cm³/mol. The minimum absolute atomic E-state index is 0. The normalized spacial score (nSPS) is 10.3. The molecule has 0 bridgehead atoms. The van der Waals surface area contributed by atoms with Gasteiger partial charge < -0.3 is 5.11 Å². The molecule has 0 radical (unpaired) electrons. The second kappa shape index (κ2) is 5.93. The maximum absolute atomic E-state index is 10.4. The molecule has 0 aliphatic carbocycles. The van der Waals surface area contributed by atoms with E-state index in [1.807, 2.05) is 0 Å². The SMILES string of the molecule is O=C(O)C(=Cc1ccccc1)[N+](=O)[O-].[Ni]. The van der Waals surface area contributed by atoms with Gasteiger partial charge >= 0.3 is 11.7 Å². The smallest absolute Gasteiger partial charge is 0.407 e. The molecular formula is C9H7NNiO4. The van der Waals surface area contributed by atoms with E-state index in [1.165, 1.54) is 0 Å². The van der Waals surface area contributed by atoms with Crippen molar-refractivity contribution in [2.45, 2.75) is 0 Å². The summed E-state index contributed by atoms with van der Waals surface area (Å²) in [6.07, 6.45) is 1.02. The molecule has 0 aliphatic rings. The number of benzene rings is 1. The monoisotopic (exact) mass is 251 g/mol. The van der Waals surface area contributed by atoms with Crippen molar-refractivity contribution in [3.8, 4) is 0 Å². The topological polar surface area (TPSA) is 80.4 Å². The van der Waals surface area contributed by atoms with Crippen LogP contribution in [0.4, 0.5) is 0 Å². The van der Waals surface area contributed by atoms with Gasteiger partial charge in [-0.25, -0.2) is 4.79 Å². The summed E-state index contributed by atoms with van der Waals surface area (Å²) in [5, 5.41) is 18.8. The Bertz CT molecular complexity index is 372. The zero-order valence-electron chi connectivity index (χ0n) is 7.40. The molecule has 0 unspecified atom stereocenters. The van der Waals surface area contributed by atoms with Crippen molar-refractivity contribution in [1.82, 2.24) is 0 Å². The quantitative estimate of drug-likeness (QED) is 0.381. The van der Waals surface area contributed by atoms with Gasteiger partial charge in [0.05, 0.1) is 4.92 Å². The molecule has 1 aromatic carbocycles. The Balaban J connectivity index is 0.00000196. The second-order valence-electron chi connectivity index (χ2n) is 2.50. The second-order valence-corrected chi connectivity index (χ2v) is 2.50. The van der Waals surface area contributed by atoms with E-state index >= 15 is 0 Å². The Morgan fingerprint density at radius 2 is 1.87 bits per heavy atom. The average Bonchev–Trinajstić information content (AvgIpc) is 2.15. The van der Waals surface area contributed by atoms with Gasteiger partial charge in [0.1, 0.15) is 0 Å². The van der Waals surface area contributed by atoms with Crippen LogP contribution in [0, 0.1) is 10.1 Å². The van der Waals surface area contributed by atoms with Gasteiger partial charge in [0.2, 0.25) is 0 Å². The number of hydrogen-bond acceptors (Lipinski definition) is 3. The summed E-state index contributed by atoms with van der Waals surface area (Å²) in [6, 6.07) is 8.26. The van der Waals surface area contributed by atoms with Crippen LogP contribution in [-0.4, -0.2) is 16.0 Å². The molecule has 6 heteroatoms. The largest absolute Gasteiger partial charge is 0.473 e. The van der Waals surface area contributed by atoms with Crippen molar-refractivity contribution in [3.63, 3.8) is 0 Å². The van der Waals surface area contributed by atoms with E-state index in [9.17, 15) is 14.9 Å². The molecule has 0 amide bonds.